The molecular formula is C26H28N6O4. The summed E-state index contributed by atoms with van der Waals surface area (Å²) in [5.74, 6) is 0.856. The summed E-state index contributed by atoms with van der Waals surface area (Å²) in [7, 11) is 3.09. The van der Waals surface area contributed by atoms with Crippen molar-refractivity contribution in [2.75, 3.05) is 11.9 Å². The molecule has 1 unspecified atom stereocenters. The van der Waals surface area contributed by atoms with Crippen LogP contribution in [0.1, 0.15) is 30.9 Å². The first-order chi connectivity index (χ1) is 17.4. The average molecular weight is 489 g/mol. The Kier molecular flexibility index (Phi) is 7.39. The van der Waals surface area contributed by atoms with E-state index in [2.05, 4.69) is 16.4 Å². The number of fused-ring (bicyclic) bond motifs is 1. The molecule has 0 radical (unpaired) electrons. The molecule has 1 atom stereocenters. The fourth-order valence-corrected chi connectivity index (χ4v) is 4.06. The van der Waals surface area contributed by atoms with Crippen molar-refractivity contribution in [2.24, 2.45) is 14.1 Å². The lowest BCUT2D eigenvalue weighted by Crippen LogP contribution is -2.37. The minimum Gasteiger partial charge on any atom is -0.508 e. The number of ether oxygens (including phenoxy) is 1. The van der Waals surface area contributed by atoms with Crippen LogP contribution in [0.2, 0.25) is 0 Å². The second kappa shape index (κ2) is 10.8. The number of nitrogens with one attached hydrogen (secondary N) is 1. The van der Waals surface area contributed by atoms with Crippen molar-refractivity contribution in [3.05, 3.63) is 81.3 Å². The van der Waals surface area contributed by atoms with Crippen LogP contribution < -0.4 is 21.3 Å². The molecule has 0 fully saturated rings. The van der Waals surface area contributed by atoms with Crippen LogP contribution >= 0.6 is 0 Å². The van der Waals surface area contributed by atoms with Gasteiger partial charge in [0.05, 0.1) is 19.0 Å². The van der Waals surface area contributed by atoms with Crippen molar-refractivity contribution in [3.63, 3.8) is 0 Å². The highest BCUT2D eigenvalue weighted by Crippen LogP contribution is 2.24. The number of anilines is 1. The van der Waals surface area contributed by atoms with Gasteiger partial charge in [-0.05, 0) is 49.1 Å². The van der Waals surface area contributed by atoms with Crippen LogP contribution in [-0.4, -0.2) is 30.4 Å². The first kappa shape index (κ1) is 24.6. The predicted molar refractivity (Wildman–Crippen MR) is 136 cm³/mol. The summed E-state index contributed by atoms with van der Waals surface area (Å²) < 4.78 is 10.2. The van der Waals surface area contributed by atoms with Gasteiger partial charge in [0.25, 0.3) is 5.56 Å². The van der Waals surface area contributed by atoms with E-state index in [-0.39, 0.29) is 17.0 Å². The monoisotopic (exact) mass is 488 g/mol. The smallest absolute Gasteiger partial charge is 0.332 e. The van der Waals surface area contributed by atoms with Crippen LogP contribution in [0.3, 0.4) is 0 Å². The van der Waals surface area contributed by atoms with Gasteiger partial charge in [-0.1, -0.05) is 18.2 Å². The lowest BCUT2D eigenvalue weighted by molar-refractivity contribution is 0.304. The number of nitrogens with zero attached hydrogens (tertiary/aromatic N) is 5. The molecule has 0 aliphatic carbocycles. The van der Waals surface area contributed by atoms with Crippen LogP contribution in [0.25, 0.3) is 11.2 Å². The highest BCUT2D eigenvalue weighted by atomic mass is 16.5. The van der Waals surface area contributed by atoms with Gasteiger partial charge in [-0.3, -0.25) is 13.9 Å². The summed E-state index contributed by atoms with van der Waals surface area (Å²) >= 11 is 0. The predicted octanol–water partition coefficient (Wildman–Crippen LogP) is 3.07. The van der Waals surface area contributed by atoms with Gasteiger partial charge in [0.1, 0.15) is 23.2 Å². The van der Waals surface area contributed by atoms with E-state index < -0.39 is 6.04 Å². The Morgan fingerprint density at radius 3 is 2.58 bits per heavy atom. The third-order valence-corrected chi connectivity index (χ3v) is 6.02. The van der Waals surface area contributed by atoms with Crippen molar-refractivity contribution in [1.82, 2.24) is 18.7 Å². The number of aryl methyl sites for hydroxylation is 2. The third kappa shape index (κ3) is 5.25. The topological polar surface area (TPSA) is 127 Å². The molecule has 2 aromatic carbocycles. The number of hydrogen-bond acceptors (Lipinski definition) is 7. The molecule has 36 heavy (non-hydrogen) atoms. The molecule has 10 heteroatoms. The minimum atomic E-state index is -0.556. The largest absolute Gasteiger partial charge is 0.508 e. The van der Waals surface area contributed by atoms with Gasteiger partial charge < -0.3 is 19.7 Å². The molecule has 2 aromatic heterocycles. The van der Waals surface area contributed by atoms with Gasteiger partial charge in [0.2, 0.25) is 0 Å². The number of aromatic nitrogens is 4. The number of phenols is 1. The first-order valence-electron chi connectivity index (χ1n) is 11.7. The Morgan fingerprint density at radius 2 is 1.86 bits per heavy atom. The van der Waals surface area contributed by atoms with Crippen molar-refractivity contribution >= 4 is 16.9 Å². The van der Waals surface area contributed by atoms with Crippen LogP contribution in [0.4, 0.5) is 5.69 Å². The molecule has 0 saturated heterocycles. The zero-order chi connectivity index (χ0) is 25.7. The van der Waals surface area contributed by atoms with Gasteiger partial charge in [0, 0.05) is 32.4 Å². The van der Waals surface area contributed by atoms with Crippen LogP contribution in [-0.2, 0) is 20.6 Å². The van der Waals surface area contributed by atoms with Gasteiger partial charge >= 0.3 is 5.69 Å². The third-order valence-electron chi connectivity index (χ3n) is 6.02. The SMILES string of the molecule is Cn1c(=O)c2ncn(CCCCCOc3ccc(C(C#N)Nc4cccc(O)c4)cc3)c2n(C)c1=O. The molecular weight excluding hydrogens is 460 g/mol. The number of hydrogen-bond donors (Lipinski definition) is 2. The fourth-order valence-electron chi connectivity index (χ4n) is 4.06. The van der Waals surface area contributed by atoms with E-state index in [0.717, 1.165) is 35.1 Å². The zero-order valence-electron chi connectivity index (χ0n) is 20.2. The molecule has 4 rings (SSSR count). The normalized spacial score (nSPS) is 11.8. The van der Waals surface area contributed by atoms with Crippen LogP contribution in [0.15, 0.2) is 64.4 Å². The molecule has 2 heterocycles. The van der Waals surface area contributed by atoms with Crippen molar-refractivity contribution < 1.29 is 9.84 Å². The molecule has 2 N–H and O–H groups in total. The Morgan fingerprint density at radius 1 is 1.08 bits per heavy atom. The van der Waals surface area contributed by atoms with Crippen molar-refractivity contribution in [2.45, 2.75) is 31.8 Å². The second-order valence-corrected chi connectivity index (χ2v) is 8.55. The molecule has 10 nitrogen and oxygen atoms in total. The Balaban J connectivity index is 1.25. The molecule has 0 bridgehead atoms. The zero-order valence-corrected chi connectivity index (χ0v) is 20.2. The lowest BCUT2D eigenvalue weighted by Gasteiger charge is -2.14. The van der Waals surface area contributed by atoms with E-state index in [1.54, 1.807) is 37.6 Å². The fraction of sp³-hybridized carbons (Fsp3) is 0.308. The summed E-state index contributed by atoms with van der Waals surface area (Å²) in [6, 6.07) is 15.7. The lowest BCUT2D eigenvalue weighted by atomic mass is 10.1. The Labute approximate surface area is 207 Å². The summed E-state index contributed by atoms with van der Waals surface area (Å²) in [5, 5.41) is 22.2. The minimum absolute atomic E-state index is 0.134. The van der Waals surface area contributed by atoms with E-state index >= 15 is 0 Å². The van der Waals surface area contributed by atoms with Crippen molar-refractivity contribution in [1.29, 1.82) is 5.26 Å². The molecule has 186 valence electrons. The number of imidazole rings is 1. The quantitative estimate of drug-likeness (QED) is 0.329. The van der Waals surface area contributed by atoms with Gasteiger partial charge in [-0.25, -0.2) is 9.78 Å². The molecule has 0 aliphatic heterocycles. The van der Waals surface area contributed by atoms with E-state index in [0.29, 0.717) is 30.0 Å². The first-order valence-corrected chi connectivity index (χ1v) is 11.7. The van der Waals surface area contributed by atoms with Gasteiger partial charge in [-0.2, -0.15) is 5.26 Å². The number of nitriles is 1. The van der Waals surface area contributed by atoms with E-state index in [4.69, 9.17) is 4.74 Å². The maximum absolute atomic E-state index is 12.3. The molecule has 0 spiro atoms. The number of rotatable bonds is 10. The summed E-state index contributed by atoms with van der Waals surface area (Å²) in [6.45, 7) is 1.19. The Bertz CT molecular complexity index is 1510. The summed E-state index contributed by atoms with van der Waals surface area (Å²) in [4.78, 5) is 28.7. The maximum Gasteiger partial charge on any atom is 0.332 e. The number of phenolic OH excluding ortho intramolecular Hbond substituents is 1. The average Bonchev–Trinajstić information content (AvgIpc) is 3.31. The molecule has 0 aliphatic rings. The molecule has 4 aromatic rings. The van der Waals surface area contributed by atoms with Crippen LogP contribution in [0, 0.1) is 11.3 Å². The number of benzene rings is 2. The van der Waals surface area contributed by atoms with E-state index in [9.17, 15) is 20.0 Å². The standard InChI is InChI=1S/C26H28N6O4/c1-30-24-23(25(34)31(2)26(30)35)28-17-32(24)13-4-3-5-14-36-21-11-9-18(10-12-21)22(16-27)29-19-7-6-8-20(33)15-19/h6-12,15,17,22,29,33H,3-5,13-14H2,1-2H3. The molecule has 0 amide bonds. The number of unbranched alkanes of at least 4 members (excludes halogenated alkanes) is 2. The van der Waals surface area contributed by atoms with Gasteiger partial charge in [0.15, 0.2) is 5.52 Å². The molecule has 0 saturated carbocycles. The maximum atomic E-state index is 12.3. The second-order valence-electron chi connectivity index (χ2n) is 8.55. The Hall–Kier alpha value is -4.52. The highest BCUT2D eigenvalue weighted by Gasteiger charge is 2.14. The highest BCUT2D eigenvalue weighted by molar-refractivity contribution is 5.69. The van der Waals surface area contributed by atoms with E-state index in [1.807, 2.05) is 28.8 Å². The summed E-state index contributed by atoms with van der Waals surface area (Å²) in [5.41, 5.74) is 1.53. The summed E-state index contributed by atoms with van der Waals surface area (Å²) in [6.07, 6.45) is 4.20. The van der Waals surface area contributed by atoms with Gasteiger partial charge in [-0.15, -0.1) is 0 Å². The van der Waals surface area contributed by atoms with Crippen LogP contribution in [0.5, 0.6) is 11.5 Å². The number of aromatic hydroxyl groups is 1. The van der Waals surface area contributed by atoms with Crippen molar-refractivity contribution in [3.8, 4) is 17.6 Å². The van der Waals surface area contributed by atoms with E-state index in [1.165, 1.54) is 11.6 Å².